The molecule has 4 nitrogen and oxygen atoms in total. The predicted molar refractivity (Wildman–Crippen MR) is 87.0 cm³/mol. The van der Waals surface area contributed by atoms with Gasteiger partial charge in [-0.3, -0.25) is 4.79 Å². The summed E-state index contributed by atoms with van der Waals surface area (Å²) in [6.07, 6.45) is 0. The molecule has 0 saturated heterocycles. The van der Waals surface area contributed by atoms with Gasteiger partial charge >= 0.3 is 0 Å². The first kappa shape index (κ1) is 16.1. The van der Waals surface area contributed by atoms with Crippen molar-refractivity contribution in [3.63, 3.8) is 0 Å². The topological polar surface area (TPSA) is 55.1 Å². The largest absolute Gasteiger partial charge is 0.440 e. The van der Waals surface area contributed by atoms with E-state index in [9.17, 15) is 13.6 Å². The Balaban J connectivity index is 1.90. The third-order valence-electron chi connectivity index (χ3n) is 3.48. The third-order valence-corrected chi connectivity index (χ3v) is 3.48. The van der Waals surface area contributed by atoms with Crippen molar-refractivity contribution in [1.29, 1.82) is 0 Å². The molecule has 2 aromatic carbocycles. The van der Waals surface area contributed by atoms with E-state index in [-0.39, 0.29) is 11.0 Å². The van der Waals surface area contributed by atoms with Crippen molar-refractivity contribution in [2.24, 2.45) is 0 Å². The normalized spacial score (nSPS) is 11.7. The maximum Gasteiger partial charge on any atom is 0.258 e. The molecule has 0 saturated carbocycles. The number of amides is 1. The van der Waals surface area contributed by atoms with E-state index in [1.54, 1.807) is 18.2 Å². The molecule has 0 atom stereocenters. The van der Waals surface area contributed by atoms with Gasteiger partial charge in [-0.05, 0) is 30.3 Å². The lowest BCUT2D eigenvalue weighted by Crippen LogP contribution is -2.14. The van der Waals surface area contributed by atoms with Crippen molar-refractivity contribution in [3.8, 4) is 0 Å². The number of anilines is 1. The van der Waals surface area contributed by atoms with Crippen LogP contribution in [0, 0.1) is 11.6 Å². The first-order valence-corrected chi connectivity index (χ1v) is 7.42. The van der Waals surface area contributed by atoms with Gasteiger partial charge in [0, 0.05) is 11.1 Å². The maximum absolute atomic E-state index is 13.7. The molecule has 6 heteroatoms. The Morgan fingerprint density at radius 3 is 2.62 bits per heavy atom. The van der Waals surface area contributed by atoms with Crippen LogP contribution < -0.4 is 5.32 Å². The van der Waals surface area contributed by atoms with E-state index in [2.05, 4.69) is 10.3 Å². The molecule has 0 bridgehead atoms. The molecular weight excluding hydrogens is 314 g/mol. The standard InChI is InChI=1S/C18H16F2N2O2/c1-18(2,3)17-22-13-9-10(7-8-14(13)24-17)21-16(23)11-5-4-6-12(19)15(11)20/h4-9H,1-3H3,(H,21,23). The predicted octanol–water partition coefficient (Wildman–Crippen LogP) is 4.66. The number of carbonyl (C=O) groups excluding carboxylic acids is 1. The highest BCUT2D eigenvalue weighted by Gasteiger charge is 2.21. The van der Waals surface area contributed by atoms with E-state index in [1.165, 1.54) is 12.1 Å². The quantitative estimate of drug-likeness (QED) is 0.744. The van der Waals surface area contributed by atoms with E-state index in [0.717, 1.165) is 6.07 Å². The zero-order chi connectivity index (χ0) is 17.5. The summed E-state index contributed by atoms with van der Waals surface area (Å²) in [4.78, 5) is 16.5. The van der Waals surface area contributed by atoms with Crippen LogP contribution in [0.25, 0.3) is 11.1 Å². The van der Waals surface area contributed by atoms with Gasteiger partial charge in [0.05, 0.1) is 5.56 Å². The van der Waals surface area contributed by atoms with Gasteiger partial charge in [0.2, 0.25) is 5.89 Å². The minimum atomic E-state index is -1.17. The molecule has 3 aromatic rings. The second kappa shape index (κ2) is 5.70. The van der Waals surface area contributed by atoms with Gasteiger partial charge in [-0.15, -0.1) is 0 Å². The molecule has 1 heterocycles. The van der Waals surface area contributed by atoms with Crippen molar-refractivity contribution < 1.29 is 18.0 Å². The van der Waals surface area contributed by atoms with Gasteiger partial charge < -0.3 is 9.73 Å². The molecule has 1 N–H and O–H groups in total. The second-order valence-electron chi connectivity index (χ2n) is 6.51. The molecule has 0 unspecified atom stereocenters. The first-order valence-electron chi connectivity index (χ1n) is 7.42. The van der Waals surface area contributed by atoms with Crippen LogP contribution in [0.4, 0.5) is 14.5 Å². The van der Waals surface area contributed by atoms with Crippen molar-refractivity contribution in [3.05, 3.63) is 59.5 Å². The smallest absolute Gasteiger partial charge is 0.258 e. The fourth-order valence-corrected chi connectivity index (χ4v) is 2.20. The molecule has 3 rings (SSSR count). The Bertz CT molecular complexity index is 926. The van der Waals surface area contributed by atoms with E-state index in [1.807, 2.05) is 20.8 Å². The van der Waals surface area contributed by atoms with Crippen molar-refractivity contribution in [2.45, 2.75) is 26.2 Å². The number of oxazole rings is 1. The molecule has 0 spiro atoms. The van der Waals surface area contributed by atoms with Gasteiger partial charge in [-0.25, -0.2) is 13.8 Å². The number of halogens is 2. The molecule has 124 valence electrons. The Kier molecular flexibility index (Phi) is 3.83. The van der Waals surface area contributed by atoms with Gasteiger partial charge in [-0.1, -0.05) is 26.8 Å². The summed E-state index contributed by atoms with van der Waals surface area (Å²) in [5.74, 6) is -2.39. The number of fused-ring (bicyclic) bond motifs is 1. The number of hydrogen-bond acceptors (Lipinski definition) is 3. The van der Waals surface area contributed by atoms with Gasteiger partial charge in [-0.2, -0.15) is 0 Å². The Morgan fingerprint density at radius 2 is 1.92 bits per heavy atom. The first-order chi connectivity index (χ1) is 11.3. The van der Waals surface area contributed by atoms with E-state index in [0.29, 0.717) is 22.7 Å². The number of benzene rings is 2. The fourth-order valence-electron chi connectivity index (χ4n) is 2.20. The minimum absolute atomic E-state index is 0.243. The molecule has 0 aliphatic heterocycles. The summed E-state index contributed by atoms with van der Waals surface area (Å²) < 4.78 is 32.6. The van der Waals surface area contributed by atoms with Crippen LogP contribution in [0.5, 0.6) is 0 Å². The SMILES string of the molecule is CC(C)(C)c1nc2cc(NC(=O)c3cccc(F)c3F)ccc2o1. The summed E-state index contributed by atoms with van der Waals surface area (Å²) in [6.45, 7) is 5.94. The molecule has 0 radical (unpaired) electrons. The molecule has 24 heavy (non-hydrogen) atoms. The number of hydrogen-bond donors (Lipinski definition) is 1. The molecule has 1 aromatic heterocycles. The molecule has 0 fully saturated rings. The highest BCUT2D eigenvalue weighted by molar-refractivity contribution is 6.05. The van der Waals surface area contributed by atoms with Crippen LogP contribution in [0.15, 0.2) is 40.8 Å². The Labute approximate surface area is 137 Å². The summed E-state index contributed by atoms with van der Waals surface area (Å²) in [7, 11) is 0. The van der Waals surface area contributed by atoms with Gasteiger partial charge in [0.15, 0.2) is 17.2 Å². The molecule has 0 aliphatic rings. The van der Waals surface area contributed by atoms with Gasteiger partial charge in [0.1, 0.15) is 5.52 Å². The number of carbonyl (C=O) groups is 1. The summed E-state index contributed by atoms with van der Waals surface area (Å²) in [6, 6.07) is 8.39. The van der Waals surface area contributed by atoms with Crippen LogP contribution in [-0.4, -0.2) is 10.9 Å². The van der Waals surface area contributed by atoms with Crippen molar-refractivity contribution in [2.75, 3.05) is 5.32 Å². The highest BCUT2D eigenvalue weighted by Crippen LogP contribution is 2.27. The zero-order valence-corrected chi connectivity index (χ0v) is 13.5. The van der Waals surface area contributed by atoms with Crippen molar-refractivity contribution >= 4 is 22.7 Å². The molecule has 1 amide bonds. The van der Waals surface area contributed by atoms with Crippen LogP contribution in [0.2, 0.25) is 0 Å². The summed E-state index contributed by atoms with van der Waals surface area (Å²) in [5.41, 5.74) is 0.996. The zero-order valence-electron chi connectivity index (χ0n) is 13.5. The summed E-state index contributed by atoms with van der Waals surface area (Å²) >= 11 is 0. The van der Waals surface area contributed by atoms with Gasteiger partial charge in [0.25, 0.3) is 5.91 Å². The third kappa shape index (κ3) is 2.99. The average molecular weight is 330 g/mol. The Hall–Kier alpha value is -2.76. The lowest BCUT2D eigenvalue weighted by atomic mass is 9.97. The molecule has 0 aliphatic carbocycles. The number of nitrogens with one attached hydrogen (secondary N) is 1. The number of aromatic nitrogens is 1. The second-order valence-corrected chi connectivity index (χ2v) is 6.51. The Morgan fingerprint density at radius 1 is 1.17 bits per heavy atom. The number of nitrogens with zero attached hydrogens (tertiary/aromatic N) is 1. The van der Waals surface area contributed by atoms with E-state index < -0.39 is 17.5 Å². The maximum atomic E-state index is 13.7. The van der Waals surface area contributed by atoms with E-state index in [4.69, 9.17) is 4.42 Å². The molecular formula is C18H16F2N2O2. The lowest BCUT2D eigenvalue weighted by molar-refractivity contribution is 0.102. The average Bonchev–Trinajstić information content (AvgIpc) is 2.93. The van der Waals surface area contributed by atoms with Crippen LogP contribution in [-0.2, 0) is 5.41 Å². The fraction of sp³-hybridized carbons (Fsp3) is 0.222. The monoisotopic (exact) mass is 330 g/mol. The van der Waals surface area contributed by atoms with Crippen LogP contribution >= 0.6 is 0 Å². The lowest BCUT2D eigenvalue weighted by Gasteiger charge is -2.11. The minimum Gasteiger partial charge on any atom is -0.440 e. The van der Waals surface area contributed by atoms with Crippen molar-refractivity contribution in [1.82, 2.24) is 4.98 Å². The van der Waals surface area contributed by atoms with E-state index >= 15 is 0 Å². The van der Waals surface area contributed by atoms with Crippen LogP contribution in [0.1, 0.15) is 37.0 Å². The van der Waals surface area contributed by atoms with Crippen LogP contribution in [0.3, 0.4) is 0 Å². The number of rotatable bonds is 2. The summed E-state index contributed by atoms with van der Waals surface area (Å²) in [5, 5.41) is 2.54. The highest BCUT2D eigenvalue weighted by atomic mass is 19.2.